The Balaban J connectivity index is 2.90. The molecule has 0 atom stereocenters. The molecule has 1 aromatic rings. The maximum atomic E-state index is 12.8. The fourth-order valence-electron chi connectivity index (χ4n) is 1.96. The number of benzene rings is 1. The number of ether oxygens (including phenoxy) is 2. The van der Waals surface area contributed by atoms with Crippen molar-refractivity contribution in [2.24, 2.45) is 0 Å². The lowest BCUT2D eigenvalue weighted by atomic mass is 10.2. The lowest BCUT2D eigenvalue weighted by Gasteiger charge is -2.23. The van der Waals surface area contributed by atoms with Gasteiger partial charge >= 0.3 is 0 Å². The Kier molecular flexibility index (Phi) is 7.88. The number of aryl methyl sites for hydroxylation is 1. The molecule has 0 N–H and O–H groups in total. The van der Waals surface area contributed by atoms with Crippen molar-refractivity contribution in [2.45, 2.75) is 25.7 Å². The van der Waals surface area contributed by atoms with Gasteiger partial charge in [-0.15, -0.1) is 0 Å². The van der Waals surface area contributed by atoms with E-state index >= 15 is 0 Å². The lowest BCUT2D eigenvalue weighted by molar-refractivity contribution is 0.110. The monoisotopic (exact) mass is 315 g/mol. The predicted octanol–water partition coefficient (Wildman–Crippen LogP) is 2.06. The third-order valence-electron chi connectivity index (χ3n) is 3.09. The molecule has 1 aromatic carbocycles. The zero-order valence-electron chi connectivity index (χ0n) is 13.0. The number of rotatable bonds is 10. The van der Waals surface area contributed by atoms with Gasteiger partial charge in [0.25, 0.3) is 0 Å². The van der Waals surface area contributed by atoms with E-state index in [-0.39, 0.29) is 0 Å². The highest BCUT2D eigenvalue weighted by Gasteiger charge is 2.25. The number of nitrogens with zero attached hydrogens (tertiary/aromatic N) is 1. The van der Waals surface area contributed by atoms with E-state index in [0.717, 1.165) is 5.56 Å². The molecule has 0 saturated carbocycles. The summed E-state index contributed by atoms with van der Waals surface area (Å²) < 4.78 is 37.5. The van der Waals surface area contributed by atoms with E-state index in [1.165, 1.54) is 4.31 Å². The summed E-state index contributed by atoms with van der Waals surface area (Å²) in [6, 6.07) is 7.01. The van der Waals surface area contributed by atoms with Crippen LogP contribution in [-0.2, 0) is 19.5 Å². The Morgan fingerprint density at radius 2 is 1.52 bits per heavy atom. The van der Waals surface area contributed by atoms with Crippen molar-refractivity contribution >= 4 is 10.0 Å². The quantitative estimate of drug-likeness (QED) is 0.620. The molecule has 0 amide bonds. The van der Waals surface area contributed by atoms with E-state index in [9.17, 15) is 8.42 Å². The first-order chi connectivity index (χ1) is 10.0. The number of sulfonamides is 1. The third kappa shape index (κ3) is 5.39. The van der Waals surface area contributed by atoms with Crippen LogP contribution in [0.2, 0.25) is 0 Å². The Labute approximate surface area is 127 Å². The van der Waals surface area contributed by atoms with Gasteiger partial charge in [0.05, 0.1) is 18.1 Å². The van der Waals surface area contributed by atoms with E-state index in [1.54, 1.807) is 25.1 Å². The standard InChI is InChI=1S/C15H25NO4S/c1-4-19-12-10-16(11-13-20-5-2)21(17,18)15-9-7-6-8-14(15)3/h6-9H,4-5,10-13H2,1-3H3. The Morgan fingerprint density at radius 3 is 2.00 bits per heavy atom. The zero-order chi connectivity index (χ0) is 15.7. The van der Waals surface area contributed by atoms with E-state index in [0.29, 0.717) is 44.4 Å². The summed E-state index contributed by atoms with van der Waals surface area (Å²) in [7, 11) is -3.52. The molecule has 0 spiro atoms. The Hall–Kier alpha value is -0.950. The minimum absolute atomic E-state index is 0.331. The van der Waals surface area contributed by atoms with Crippen LogP contribution in [0.3, 0.4) is 0 Å². The van der Waals surface area contributed by atoms with Gasteiger partial charge in [-0.1, -0.05) is 18.2 Å². The van der Waals surface area contributed by atoms with Crippen molar-refractivity contribution in [3.8, 4) is 0 Å². The van der Waals surface area contributed by atoms with E-state index < -0.39 is 10.0 Å². The summed E-state index contributed by atoms with van der Waals surface area (Å²) in [4.78, 5) is 0.345. The lowest BCUT2D eigenvalue weighted by Crippen LogP contribution is -2.37. The first kappa shape index (κ1) is 18.1. The summed E-state index contributed by atoms with van der Waals surface area (Å²) in [5.41, 5.74) is 0.746. The van der Waals surface area contributed by atoms with Crippen LogP contribution in [0.25, 0.3) is 0 Å². The van der Waals surface area contributed by atoms with Gasteiger partial charge in [0.15, 0.2) is 0 Å². The van der Waals surface area contributed by atoms with Gasteiger partial charge in [0.2, 0.25) is 10.0 Å². The summed E-state index contributed by atoms with van der Waals surface area (Å²) in [6.45, 7) is 8.15. The number of hydrogen-bond donors (Lipinski definition) is 0. The second-order valence-electron chi connectivity index (χ2n) is 4.56. The highest BCUT2D eigenvalue weighted by Crippen LogP contribution is 2.19. The van der Waals surface area contributed by atoms with E-state index in [2.05, 4.69) is 0 Å². The van der Waals surface area contributed by atoms with Gasteiger partial charge in [0, 0.05) is 26.3 Å². The van der Waals surface area contributed by atoms with Crippen molar-refractivity contribution in [1.29, 1.82) is 0 Å². The number of hydrogen-bond acceptors (Lipinski definition) is 4. The Bertz CT molecular complexity index is 506. The van der Waals surface area contributed by atoms with Gasteiger partial charge in [-0.25, -0.2) is 8.42 Å². The largest absolute Gasteiger partial charge is 0.380 e. The molecule has 0 fully saturated rings. The fourth-order valence-corrected chi connectivity index (χ4v) is 3.59. The molecule has 0 aromatic heterocycles. The van der Waals surface area contributed by atoms with Gasteiger partial charge in [-0.2, -0.15) is 4.31 Å². The fraction of sp³-hybridized carbons (Fsp3) is 0.600. The van der Waals surface area contributed by atoms with Gasteiger partial charge in [0.1, 0.15) is 0 Å². The van der Waals surface area contributed by atoms with E-state index in [1.807, 2.05) is 19.9 Å². The molecule has 0 bridgehead atoms. The predicted molar refractivity (Wildman–Crippen MR) is 82.9 cm³/mol. The Morgan fingerprint density at radius 1 is 1.00 bits per heavy atom. The van der Waals surface area contributed by atoms with E-state index in [4.69, 9.17) is 9.47 Å². The van der Waals surface area contributed by atoms with Crippen molar-refractivity contribution in [2.75, 3.05) is 39.5 Å². The van der Waals surface area contributed by atoms with Gasteiger partial charge < -0.3 is 9.47 Å². The van der Waals surface area contributed by atoms with Crippen LogP contribution < -0.4 is 0 Å². The van der Waals surface area contributed by atoms with Gasteiger partial charge in [-0.3, -0.25) is 0 Å². The van der Waals surface area contributed by atoms with Crippen LogP contribution in [-0.4, -0.2) is 52.2 Å². The SMILES string of the molecule is CCOCCN(CCOCC)S(=O)(=O)c1ccccc1C. The molecule has 0 radical (unpaired) electrons. The highest BCUT2D eigenvalue weighted by atomic mass is 32.2. The van der Waals surface area contributed by atoms with Crippen LogP contribution in [0, 0.1) is 6.92 Å². The molecular formula is C15H25NO4S. The minimum atomic E-state index is -3.52. The second-order valence-corrected chi connectivity index (χ2v) is 6.47. The van der Waals surface area contributed by atoms with Crippen LogP contribution >= 0.6 is 0 Å². The maximum Gasteiger partial charge on any atom is 0.243 e. The van der Waals surface area contributed by atoms with Crippen molar-refractivity contribution in [1.82, 2.24) is 4.31 Å². The highest BCUT2D eigenvalue weighted by molar-refractivity contribution is 7.89. The minimum Gasteiger partial charge on any atom is -0.380 e. The van der Waals surface area contributed by atoms with Crippen molar-refractivity contribution in [3.05, 3.63) is 29.8 Å². The normalized spacial score (nSPS) is 12.0. The van der Waals surface area contributed by atoms with Gasteiger partial charge in [-0.05, 0) is 32.4 Å². The zero-order valence-corrected chi connectivity index (χ0v) is 13.9. The molecule has 1 rings (SSSR count). The topological polar surface area (TPSA) is 55.8 Å². The molecule has 120 valence electrons. The summed E-state index contributed by atoms with van der Waals surface area (Å²) >= 11 is 0. The average molecular weight is 315 g/mol. The third-order valence-corrected chi connectivity index (χ3v) is 5.15. The smallest absolute Gasteiger partial charge is 0.243 e. The van der Waals surface area contributed by atoms with Crippen molar-refractivity contribution < 1.29 is 17.9 Å². The maximum absolute atomic E-state index is 12.8. The van der Waals surface area contributed by atoms with Crippen LogP contribution in [0.4, 0.5) is 0 Å². The molecule has 0 aliphatic carbocycles. The molecular weight excluding hydrogens is 290 g/mol. The first-order valence-corrected chi connectivity index (χ1v) is 8.69. The summed E-state index contributed by atoms with van der Waals surface area (Å²) in [5, 5.41) is 0. The summed E-state index contributed by atoms with van der Waals surface area (Å²) in [5.74, 6) is 0. The molecule has 0 aliphatic heterocycles. The van der Waals surface area contributed by atoms with Crippen LogP contribution in [0.15, 0.2) is 29.2 Å². The molecule has 21 heavy (non-hydrogen) atoms. The van der Waals surface area contributed by atoms with Crippen LogP contribution in [0.5, 0.6) is 0 Å². The van der Waals surface area contributed by atoms with Crippen molar-refractivity contribution in [3.63, 3.8) is 0 Å². The molecule has 6 heteroatoms. The second kappa shape index (κ2) is 9.15. The molecule has 0 aliphatic rings. The molecule has 0 unspecified atom stereocenters. The molecule has 0 saturated heterocycles. The van der Waals surface area contributed by atoms with Crippen LogP contribution in [0.1, 0.15) is 19.4 Å². The summed E-state index contributed by atoms with van der Waals surface area (Å²) in [6.07, 6.45) is 0. The first-order valence-electron chi connectivity index (χ1n) is 7.25. The molecule has 5 nitrogen and oxygen atoms in total. The molecule has 0 heterocycles. The average Bonchev–Trinajstić information content (AvgIpc) is 2.46.